The molecule has 0 bridgehead atoms. The Kier molecular flexibility index (Phi) is 5.44. The number of nitrogens with two attached hydrogens (primary N) is 1. The molecule has 3 N–H and O–H groups in total. The Morgan fingerprint density at radius 1 is 1.06 bits per heavy atom. The van der Waals surface area contributed by atoms with Crippen molar-refractivity contribution in [2.24, 2.45) is 5.73 Å². The summed E-state index contributed by atoms with van der Waals surface area (Å²) in [5.74, 6) is -0.474. The zero-order valence-corrected chi connectivity index (χ0v) is 16.3. The summed E-state index contributed by atoms with van der Waals surface area (Å²) in [5.41, 5.74) is 7.75. The van der Waals surface area contributed by atoms with E-state index in [0.717, 1.165) is 10.9 Å². The first-order chi connectivity index (χ1) is 14.8. The third-order valence-electron chi connectivity index (χ3n) is 4.88. The van der Waals surface area contributed by atoms with Crippen LogP contribution in [0.25, 0.3) is 22.1 Å². The molecule has 1 aromatic heterocycles. The van der Waals surface area contributed by atoms with E-state index in [2.05, 4.69) is 0 Å². The highest BCUT2D eigenvalue weighted by molar-refractivity contribution is 5.93. The third-order valence-corrected chi connectivity index (χ3v) is 4.88. The Morgan fingerprint density at radius 2 is 1.87 bits per heavy atom. The van der Waals surface area contributed by atoms with Gasteiger partial charge in [0.2, 0.25) is 0 Å². The lowest BCUT2D eigenvalue weighted by molar-refractivity contribution is -0.136. The number of carboxylic acids is 1. The lowest BCUT2D eigenvalue weighted by Gasteiger charge is -2.14. The van der Waals surface area contributed by atoms with Crippen LogP contribution in [0.5, 0.6) is 5.75 Å². The van der Waals surface area contributed by atoms with Crippen molar-refractivity contribution in [2.45, 2.75) is 19.1 Å². The fourth-order valence-electron chi connectivity index (χ4n) is 3.45. The van der Waals surface area contributed by atoms with E-state index in [1.165, 1.54) is 24.5 Å². The number of ether oxygens (including phenoxy) is 1. The Balaban J connectivity index is 1.68. The summed E-state index contributed by atoms with van der Waals surface area (Å²) in [6.07, 6.45) is 1.38. The van der Waals surface area contributed by atoms with Crippen LogP contribution >= 0.6 is 0 Å². The van der Waals surface area contributed by atoms with Gasteiger partial charge in [0.1, 0.15) is 17.9 Å². The maximum absolute atomic E-state index is 13.6. The molecule has 0 fully saturated rings. The zero-order chi connectivity index (χ0) is 22.0. The van der Waals surface area contributed by atoms with Crippen LogP contribution in [0.4, 0.5) is 8.78 Å². The van der Waals surface area contributed by atoms with E-state index < -0.39 is 12.0 Å². The summed E-state index contributed by atoms with van der Waals surface area (Å²) in [6, 6.07) is 14.8. The number of halogens is 2. The first kappa shape index (κ1) is 20.6. The van der Waals surface area contributed by atoms with E-state index in [9.17, 15) is 13.6 Å². The molecule has 4 rings (SSSR count). The second-order valence-electron chi connectivity index (χ2n) is 7.15. The minimum absolute atomic E-state index is 0.151. The van der Waals surface area contributed by atoms with Crippen molar-refractivity contribution >= 4 is 16.9 Å². The molecule has 4 aromatic rings. The lowest BCUT2D eigenvalue weighted by atomic mass is 9.98. The van der Waals surface area contributed by atoms with Crippen LogP contribution in [0, 0.1) is 0 Å². The molecule has 7 heteroatoms. The van der Waals surface area contributed by atoms with Crippen LogP contribution in [0.1, 0.15) is 16.7 Å². The van der Waals surface area contributed by atoms with Crippen molar-refractivity contribution in [3.63, 3.8) is 0 Å². The molecule has 5 nitrogen and oxygen atoms in total. The maximum atomic E-state index is 13.6. The smallest absolute Gasteiger partial charge is 0.326 e. The van der Waals surface area contributed by atoms with Crippen LogP contribution in [0.2, 0.25) is 0 Å². The van der Waals surface area contributed by atoms with Gasteiger partial charge in [-0.3, -0.25) is 10.5 Å². The van der Waals surface area contributed by atoms with Crippen molar-refractivity contribution in [1.29, 1.82) is 0 Å². The molecular formula is C24H19F2NO4. The highest BCUT2D eigenvalue weighted by Gasteiger charge is 2.25. The highest BCUT2D eigenvalue weighted by Crippen LogP contribution is 2.34. The maximum Gasteiger partial charge on any atom is 0.326 e. The van der Waals surface area contributed by atoms with Crippen LogP contribution < -0.4 is 10.5 Å². The van der Waals surface area contributed by atoms with E-state index >= 15 is 0 Å². The lowest BCUT2D eigenvalue weighted by Crippen LogP contribution is -2.24. The van der Waals surface area contributed by atoms with Crippen molar-refractivity contribution in [3.8, 4) is 16.9 Å². The molecule has 0 radical (unpaired) electrons. The number of furan rings is 1. The molecule has 0 saturated carbocycles. The molecule has 0 saturated heterocycles. The van der Waals surface area contributed by atoms with Gasteiger partial charge in [-0.15, -0.1) is 0 Å². The first-order valence-corrected chi connectivity index (χ1v) is 9.51. The summed E-state index contributed by atoms with van der Waals surface area (Å²) in [5, 5.41) is 9.88. The summed E-state index contributed by atoms with van der Waals surface area (Å²) in [4.78, 5) is 11.1. The van der Waals surface area contributed by atoms with E-state index in [-0.39, 0.29) is 18.6 Å². The molecule has 0 amide bonds. The molecule has 0 aliphatic heterocycles. The summed E-state index contributed by atoms with van der Waals surface area (Å²) < 4.78 is 38.7. The van der Waals surface area contributed by atoms with Crippen molar-refractivity contribution < 1.29 is 27.8 Å². The summed E-state index contributed by atoms with van der Waals surface area (Å²) in [6.45, 7) is 0.164. The van der Waals surface area contributed by atoms with Gasteiger partial charge >= 0.3 is 12.0 Å². The Labute approximate surface area is 176 Å². The average molecular weight is 423 g/mol. The Hall–Kier alpha value is -3.71. The van der Waals surface area contributed by atoms with Gasteiger partial charge in [0.15, 0.2) is 0 Å². The van der Waals surface area contributed by atoms with E-state index in [1.54, 1.807) is 42.5 Å². The van der Waals surface area contributed by atoms with Crippen LogP contribution in [0.15, 0.2) is 77.4 Å². The molecule has 3 aromatic carbocycles. The van der Waals surface area contributed by atoms with Crippen LogP contribution in [-0.2, 0) is 23.9 Å². The predicted octanol–water partition coefficient (Wildman–Crippen LogP) is 5.31. The number of para-hydroxylation sites is 1. The van der Waals surface area contributed by atoms with Crippen molar-refractivity contribution in [2.75, 3.05) is 0 Å². The highest BCUT2D eigenvalue weighted by atomic mass is 19.3. The Morgan fingerprint density at radius 3 is 2.65 bits per heavy atom. The topological polar surface area (TPSA) is 85.7 Å². The SMILES string of the molecule is NC(F)(F)c1cccc(-c2cc(COc3ccccc3CC(=O)O)cc3ccoc23)c1. The molecule has 0 aliphatic carbocycles. The standard InChI is InChI=1S/C24H19F2NO4/c25-24(26,27)19-6-3-5-16(12-19)20-11-15(10-18-8-9-30-23(18)20)14-31-21-7-2-1-4-17(21)13-22(28)29/h1-12H,13-14,27H2,(H,28,29). The van der Waals surface area contributed by atoms with E-state index in [0.29, 0.717) is 28.0 Å². The first-order valence-electron chi connectivity index (χ1n) is 9.51. The zero-order valence-electron chi connectivity index (χ0n) is 16.3. The molecule has 0 aliphatic rings. The minimum Gasteiger partial charge on any atom is -0.489 e. The molecular weight excluding hydrogens is 404 g/mol. The summed E-state index contributed by atoms with van der Waals surface area (Å²) in [7, 11) is 0. The number of fused-ring (bicyclic) bond motifs is 1. The fourth-order valence-corrected chi connectivity index (χ4v) is 3.45. The number of carbonyl (C=O) groups is 1. The van der Waals surface area contributed by atoms with E-state index in [4.69, 9.17) is 20.0 Å². The van der Waals surface area contributed by atoms with Gasteiger partial charge in [-0.1, -0.05) is 36.4 Å². The fraction of sp³-hybridized carbons (Fsp3) is 0.125. The van der Waals surface area contributed by atoms with Crippen molar-refractivity contribution in [3.05, 3.63) is 89.7 Å². The second-order valence-corrected chi connectivity index (χ2v) is 7.15. The summed E-state index contributed by atoms with van der Waals surface area (Å²) >= 11 is 0. The Bertz CT molecular complexity index is 1240. The predicted molar refractivity (Wildman–Crippen MR) is 112 cm³/mol. The van der Waals surface area contributed by atoms with Gasteiger partial charge in [-0.25, -0.2) is 0 Å². The van der Waals surface area contributed by atoms with Gasteiger partial charge in [0.25, 0.3) is 0 Å². The number of benzene rings is 3. The quantitative estimate of drug-likeness (QED) is 0.393. The molecule has 1 heterocycles. The van der Waals surface area contributed by atoms with Crippen molar-refractivity contribution in [1.82, 2.24) is 0 Å². The number of carboxylic acid groups (broad SMARTS) is 1. The van der Waals surface area contributed by atoms with Gasteiger partial charge in [0, 0.05) is 22.1 Å². The number of hydrogen-bond donors (Lipinski definition) is 2. The average Bonchev–Trinajstić information content (AvgIpc) is 3.20. The normalized spacial score (nSPS) is 11.6. The number of alkyl halides is 2. The number of aliphatic carboxylic acids is 1. The van der Waals surface area contributed by atoms with Crippen LogP contribution in [0.3, 0.4) is 0 Å². The second kappa shape index (κ2) is 8.20. The van der Waals surface area contributed by atoms with Gasteiger partial charge in [0.05, 0.1) is 12.7 Å². The molecule has 0 unspecified atom stereocenters. The van der Waals surface area contributed by atoms with E-state index in [1.807, 2.05) is 6.07 Å². The van der Waals surface area contributed by atoms with Gasteiger partial charge in [-0.05, 0) is 41.5 Å². The third kappa shape index (κ3) is 4.57. The number of hydrogen-bond acceptors (Lipinski definition) is 4. The molecule has 0 atom stereocenters. The van der Waals surface area contributed by atoms with Gasteiger partial charge < -0.3 is 14.3 Å². The molecule has 0 spiro atoms. The largest absolute Gasteiger partial charge is 0.489 e. The molecule has 31 heavy (non-hydrogen) atoms. The molecule has 158 valence electrons. The van der Waals surface area contributed by atoms with Crippen LogP contribution in [-0.4, -0.2) is 11.1 Å². The minimum atomic E-state index is -3.45. The van der Waals surface area contributed by atoms with Gasteiger partial charge in [-0.2, -0.15) is 8.78 Å². The number of rotatable bonds is 7. The monoisotopic (exact) mass is 423 g/mol.